The summed E-state index contributed by atoms with van der Waals surface area (Å²) in [6.07, 6.45) is 2.99. The zero-order chi connectivity index (χ0) is 14.7. The number of nitrogens with two attached hydrogens (primary N) is 1. The van der Waals surface area contributed by atoms with Gasteiger partial charge in [-0.3, -0.25) is 0 Å². The van der Waals surface area contributed by atoms with Gasteiger partial charge in [-0.1, -0.05) is 6.92 Å². The van der Waals surface area contributed by atoms with Crippen LogP contribution in [-0.2, 0) is 12.8 Å². The van der Waals surface area contributed by atoms with Crippen LogP contribution in [0.3, 0.4) is 0 Å². The Hall–Kier alpha value is -1.59. The second kappa shape index (κ2) is 6.45. The van der Waals surface area contributed by atoms with E-state index in [2.05, 4.69) is 13.0 Å². The normalized spacial score (nSPS) is 13.4. The molecule has 5 heteroatoms. The maximum atomic E-state index is 5.74. The summed E-state index contributed by atoms with van der Waals surface area (Å²) in [5.41, 5.74) is 7.87. The van der Waals surface area contributed by atoms with Crippen LogP contribution in [0.4, 0.5) is 0 Å². The van der Waals surface area contributed by atoms with Crippen molar-refractivity contribution in [2.45, 2.75) is 26.2 Å². The fourth-order valence-corrected chi connectivity index (χ4v) is 3.65. The van der Waals surface area contributed by atoms with Gasteiger partial charge in [-0.05, 0) is 44.0 Å². The van der Waals surface area contributed by atoms with Crippen molar-refractivity contribution in [3.8, 4) is 22.8 Å². The predicted octanol–water partition coefficient (Wildman–Crippen LogP) is 3.04. The second-order valence-electron chi connectivity index (χ2n) is 5.03. The summed E-state index contributed by atoms with van der Waals surface area (Å²) in [4.78, 5) is 6.07. The van der Waals surface area contributed by atoms with Gasteiger partial charge in [-0.15, -0.1) is 11.3 Å². The summed E-state index contributed by atoms with van der Waals surface area (Å²) in [6, 6.07) is 6.05. The fraction of sp³-hybridized carbons (Fsp3) is 0.438. The highest BCUT2D eigenvalue weighted by Crippen LogP contribution is 2.36. The lowest BCUT2D eigenvalue weighted by atomic mass is 10.1. The highest BCUT2D eigenvalue weighted by molar-refractivity contribution is 7.12. The summed E-state index contributed by atoms with van der Waals surface area (Å²) < 4.78 is 11.2. The maximum Gasteiger partial charge on any atom is 0.162 e. The van der Waals surface area contributed by atoms with Crippen LogP contribution in [-0.4, -0.2) is 24.7 Å². The summed E-state index contributed by atoms with van der Waals surface area (Å²) >= 11 is 1.78. The van der Waals surface area contributed by atoms with Crippen LogP contribution < -0.4 is 15.2 Å². The number of hydrogen-bond donors (Lipinski definition) is 1. The number of aryl methyl sites for hydroxylation is 1. The van der Waals surface area contributed by atoms with Crippen LogP contribution in [0.1, 0.15) is 23.2 Å². The van der Waals surface area contributed by atoms with Gasteiger partial charge in [-0.2, -0.15) is 0 Å². The molecule has 0 bridgehead atoms. The largest absolute Gasteiger partial charge is 0.486 e. The zero-order valence-corrected chi connectivity index (χ0v) is 13.0. The Bertz CT molecular complexity index is 625. The van der Waals surface area contributed by atoms with Crippen LogP contribution in [0.2, 0.25) is 0 Å². The highest BCUT2D eigenvalue weighted by atomic mass is 32.1. The fourth-order valence-electron chi connectivity index (χ4n) is 2.44. The number of ether oxygens (including phenoxy) is 2. The van der Waals surface area contributed by atoms with Gasteiger partial charge in [-0.25, -0.2) is 4.98 Å². The lowest BCUT2D eigenvalue weighted by molar-refractivity contribution is 0.171. The van der Waals surface area contributed by atoms with Gasteiger partial charge in [0.25, 0.3) is 0 Å². The van der Waals surface area contributed by atoms with Gasteiger partial charge in [0.05, 0.1) is 10.7 Å². The third kappa shape index (κ3) is 3.04. The third-order valence-corrected chi connectivity index (χ3v) is 4.57. The van der Waals surface area contributed by atoms with Crippen molar-refractivity contribution in [3.63, 3.8) is 0 Å². The van der Waals surface area contributed by atoms with Crippen molar-refractivity contribution in [2.75, 3.05) is 19.8 Å². The van der Waals surface area contributed by atoms with E-state index in [4.69, 9.17) is 20.2 Å². The lowest BCUT2D eigenvalue weighted by Crippen LogP contribution is -2.15. The minimum Gasteiger partial charge on any atom is -0.486 e. The van der Waals surface area contributed by atoms with Crippen LogP contribution in [0.5, 0.6) is 11.5 Å². The number of nitrogens with zero attached hydrogens (tertiary/aromatic N) is 1. The Balaban J connectivity index is 1.98. The Labute approximate surface area is 128 Å². The first-order valence-electron chi connectivity index (χ1n) is 7.40. The molecule has 4 nitrogen and oxygen atoms in total. The molecule has 0 unspecified atom stereocenters. The number of rotatable bonds is 5. The minimum absolute atomic E-state index is 0.601. The smallest absolute Gasteiger partial charge is 0.162 e. The molecule has 1 aromatic carbocycles. The first kappa shape index (κ1) is 14.4. The Morgan fingerprint density at radius 3 is 2.76 bits per heavy atom. The molecule has 0 amide bonds. The standard InChI is InChI=1S/C16H20N2O2S/c1-2-3-15-18-16(14(21-15)6-7-17)11-4-5-12-13(10-11)20-9-8-19-12/h4-5,10H,2-3,6-9,17H2,1H3. The van der Waals surface area contributed by atoms with Crippen molar-refractivity contribution in [2.24, 2.45) is 5.73 Å². The Morgan fingerprint density at radius 2 is 2.00 bits per heavy atom. The first-order chi connectivity index (χ1) is 10.3. The molecule has 1 aliphatic rings. The molecular weight excluding hydrogens is 284 g/mol. The summed E-state index contributed by atoms with van der Waals surface area (Å²) in [5.74, 6) is 1.62. The van der Waals surface area contributed by atoms with Gasteiger partial charge in [0.1, 0.15) is 13.2 Å². The number of thiazole rings is 1. The van der Waals surface area contributed by atoms with E-state index in [1.54, 1.807) is 11.3 Å². The summed E-state index contributed by atoms with van der Waals surface area (Å²) in [6.45, 7) is 4.03. The average molecular weight is 304 g/mol. The van der Waals surface area contributed by atoms with Gasteiger partial charge in [0, 0.05) is 10.4 Å². The quantitative estimate of drug-likeness (QED) is 0.922. The van der Waals surface area contributed by atoms with Crippen LogP contribution >= 0.6 is 11.3 Å². The van der Waals surface area contributed by atoms with E-state index in [1.165, 1.54) is 9.88 Å². The van der Waals surface area contributed by atoms with Crippen LogP contribution in [0.15, 0.2) is 18.2 Å². The van der Waals surface area contributed by atoms with Crippen LogP contribution in [0.25, 0.3) is 11.3 Å². The minimum atomic E-state index is 0.601. The molecule has 0 aliphatic carbocycles. The molecule has 0 spiro atoms. The van der Waals surface area contributed by atoms with Gasteiger partial charge in [0.15, 0.2) is 11.5 Å². The monoisotopic (exact) mass is 304 g/mol. The number of benzene rings is 1. The molecule has 2 N–H and O–H groups in total. The zero-order valence-electron chi connectivity index (χ0n) is 12.2. The van der Waals surface area contributed by atoms with Crippen molar-refractivity contribution in [1.82, 2.24) is 4.98 Å². The second-order valence-corrected chi connectivity index (χ2v) is 6.19. The highest BCUT2D eigenvalue weighted by Gasteiger charge is 2.17. The van der Waals surface area contributed by atoms with Crippen molar-refractivity contribution in [1.29, 1.82) is 0 Å². The summed E-state index contributed by atoms with van der Waals surface area (Å²) in [5, 5.41) is 1.19. The van der Waals surface area contributed by atoms with Crippen molar-refractivity contribution in [3.05, 3.63) is 28.1 Å². The molecule has 3 rings (SSSR count). The van der Waals surface area contributed by atoms with E-state index < -0.39 is 0 Å². The maximum absolute atomic E-state index is 5.74. The molecule has 21 heavy (non-hydrogen) atoms. The molecule has 1 aliphatic heterocycles. The number of fused-ring (bicyclic) bond motifs is 1. The van der Waals surface area contributed by atoms with E-state index in [0.717, 1.165) is 42.0 Å². The number of hydrogen-bond acceptors (Lipinski definition) is 5. The molecular formula is C16H20N2O2S. The molecule has 0 radical (unpaired) electrons. The predicted molar refractivity (Wildman–Crippen MR) is 85.3 cm³/mol. The van der Waals surface area contributed by atoms with E-state index >= 15 is 0 Å². The molecule has 1 aromatic heterocycles. The van der Waals surface area contributed by atoms with E-state index in [1.807, 2.05) is 12.1 Å². The summed E-state index contributed by atoms with van der Waals surface area (Å²) in [7, 11) is 0. The molecule has 2 heterocycles. The molecule has 2 aromatic rings. The lowest BCUT2D eigenvalue weighted by Gasteiger charge is -2.18. The van der Waals surface area contributed by atoms with Gasteiger partial charge >= 0.3 is 0 Å². The molecule has 0 atom stereocenters. The average Bonchev–Trinajstić information content (AvgIpc) is 2.90. The molecule has 0 saturated heterocycles. The third-order valence-electron chi connectivity index (χ3n) is 3.39. The first-order valence-corrected chi connectivity index (χ1v) is 8.22. The van der Waals surface area contributed by atoms with Crippen molar-refractivity contribution < 1.29 is 9.47 Å². The topological polar surface area (TPSA) is 57.4 Å². The molecule has 0 saturated carbocycles. The van der Waals surface area contributed by atoms with Gasteiger partial charge < -0.3 is 15.2 Å². The Morgan fingerprint density at radius 1 is 1.19 bits per heavy atom. The van der Waals surface area contributed by atoms with Gasteiger partial charge in [0.2, 0.25) is 0 Å². The van der Waals surface area contributed by atoms with E-state index in [0.29, 0.717) is 19.8 Å². The van der Waals surface area contributed by atoms with Crippen molar-refractivity contribution >= 4 is 11.3 Å². The molecule has 0 fully saturated rings. The van der Waals surface area contributed by atoms with E-state index in [9.17, 15) is 0 Å². The Kier molecular flexibility index (Phi) is 4.41. The van der Waals surface area contributed by atoms with E-state index in [-0.39, 0.29) is 0 Å². The molecule has 112 valence electrons. The SMILES string of the molecule is CCCc1nc(-c2ccc3c(c2)OCCO3)c(CCN)s1. The van der Waals surface area contributed by atoms with Crippen LogP contribution in [0, 0.1) is 0 Å². The number of aromatic nitrogens is 1.